The summed E-state index contributed by atoms with van der Waals surface area (Å²) in [7, 11) is 1.48. The Bertz CT molecular complexity index is 297. The predicted molar refractivity (Wildman–Crippen MR) is 47.0 cm³/mol. The van der Waals surface area contributed by atoms with E-state index in [1.54, 1.807) is 6.07 Å². The van der Waals surface area contributed by atoms with Crippen LogP contribution in [0.5, 0.6) is 0 Å². The van der Waals surface area contributed by atoms with Gasteiger partial charge in [-0.15, -0.1) is 0 Å². The Kier molecular flexibility index (Phi) is 3.23. The van der Waals surface area contributed by atoms with Gasteiger partial charge in [-0.05, 0) is 13.0 Å². The molecule has 5 heteroatoms. The van der Waals surface area contributed by atoms with Gasteiger partial charge in [0.1, 0.15) is 11.3 Å². The van der Waals surface area contributed by atoms with Gasteiger partial charge in [-0.25, -0.2) is 8.78 Å². The molecule has 0 aliphatic heterocycles. The fourth-order valence-electron chi connectivity index (χ4n) is 1.18. The highest BCUT2D eigenvalue weighted by Crippen LogP contribution is 2.29. The lowest BCUT2D eigenvalue weighted by Crippen LogP contribution is -2.41. The number of rotatable bonds is 4. The Morgan fingerprint density at radius 2 is 2.29 bits per heavy atom. The second-order valence-corrected chi connectivity index (χ2v) is 3.29. The number of hydrogen-bond acceptors (Lipinski definition) is 3. The van der Waals surface area contributed by atoms with Crippen LogP contribution in [0.1, 0.15) is 18.2 Å². The number of alkyl halides is 2. The van der Waals surface area contributed by atoms with Gasteiger partial charge in [0.25, 0.3) is 6.43 Å². The Morgan fingerprint density at radius 3 is 2.79 bits per heavy atom. The maximum absolute atomic E-state index is 12.6. The highest BCUT2D eigenvalue weighted by atomic mass is 19.3. The van der Waals surface area contributed by atoms with Gasteiger partial charge in [0.05, 0.1) is 12.9 Å². The van der Waals surface area contributed by atoms with Crippen LogP contribution in [0.3, 0.4) is 0 Å². The van der Waals surface area contributed by atoms with Gasteiger partial charge in [0, 0.05) is 12.7 Å². The molecule has 2 N–H and O–H groups in total. The predicted octanol–water partition coefficient (Wildman–Crippen LogP) is 1.86. The third-order valence-corrected chi connectivity index (χ3v) is 1.99. The van der Waals surface area contributed by atoms with Gasteiger partial charge in [-0.2, -0.15) is 0 Å². The summed E-state index contributed by atoms with van der Waals surface area (Å²) >= 11 is 0. The standard InChI is InChI=1S/C9H13F2NO2/c1-9(12,8(10)11)7-6(5-13-2)3-4-14-7/h3-4,8H,5,12H2,1-2H3. The molecule has 0 fully saturated rings. The van der Waals surface area contributed by atoms with Crippen LogP contribution in [0.15, 0.2) is 16.7 Å². The van der Waals surface area contributed by atoms with Gasteiger partial charge in [-0.3, -0.25) is 0 Å². The zero-order valence-electron chi connectivity index (χ0n) is 8.09. The van der Waals surface area contributed by atoms with Crippen molar-refractivity contribution in [1.29, 1.82) is 0 Å². The first-order valence-electron chi connectivity index (χ1n) is 4.13. The summed E-state index contributed by atoms with van der Waals surface area (Å²) in [6.07, 6.45) is -1.35. The van der Waals surface area contributed by atoms with E-state index < -0.39 is 12.0 Å². The molecule has 14 heavy (non-hydrogen) atoms. The minimum Gasteiger partial charge on any atom is -0.467 e. The minimum absolute atomic E-state index is 0.0781. The summed E-state index contributed by atoms with van der Waals surface area (Å²) in [5.41, 5.74) is 4.24. The topological polar surface area (TPSA) is 48.4 Å². The minimum atomic E-state index is -2.68. The summed E-state index contributed by atoms with van der Waals surface area (Å²) in [5, 5.41) is 0. The molecule has 0 spiro atoms. The Labute approximate surface area is 80.8 Å². The van der Waals surface area contributed by atoms with Gasteiger partial charge >= 0.3 is 0 Å². The second-order valence-electron chi connectivity index (χ2n) is 3.29. The molecular weight excluding hydrogens is 192 g/mol. The molecule has 0 aromatic carbocycles. The molecule has 0 aliphatic rings. The molecule has 1 heterocycles. The first kappa shape index (κ1) is 11.1. The number of methoxy groups -OCH3 is 1. The first-order valence-corrected chi connectivity index (χ1v) is 4.13. The molecule has 80 valence electrons. The van der Waals surface area contributed by atoms with Crippen LogP contribution in [0.2, 0.25) is 0 Å². The average molecular weight is 205 g/mol. The first-order chi connectivity index (χ1) is 6.50. The van der Waals surface area contributed by atoms with Crippen LogP contribution in [0, 0.1) is 0 Å². The number of ether oxygens (including phenoxy) is 1. The molecular formula is C9H13F2NO2. The molecule has 0 radical (unpaired) electrons. The van der Waals surface area contributed by atoms with Crippen LogP contribution >= 0.6 is 0 Å². The van der Waals surface area contributed by atoms with E-state index in [1.165, 1.54) is 20.3 Å². The second kappa shape index (κ2) is 4.06. The van der Waals surface area contributed by atoms with Crippen LogP contribution < -0.4 is 5.73 Å². The molecule has 0 saturated heterocycles. The Balaban J connectivity index is 2.99. The normalized spacial score (nSPS) is 15.9. The van der Waals surface area contributed by atoms with Crippen LogP contribution in [0.25, 0.3) is 0 Å². The molecule has 1 aromatic heterocycles. The van der Waals surface area contributed by atoms with Crippen molar-refractivity contribution in [2.24, 2.45) is 5.73 Å². The molecule has 1 atom stereocenters. The van der Waals surface area contributed by atoms with E-state index in [4.69, 9.17) is 14.9 Å². The van der Waals surface area contributed by atoms with Crippen LogP contribution in [-0.4, -0.2) is 13.5 Å². The molecule has 0 aliphatic carbocycles. The number of furan rings is 1. The van der Waals surface area contributed by atoms with Gasteiger partial charge in [-0.1, -0.05) is 0 Å². The van der Waals surface area contributed by atoms with Crippen molar-refractivity contribution in [3.05, 3.63) is 23.7 Å². The summed E-state index contributed by atoms with van der Waals surface area (Å²) in [6.45, 7) is 1.45. The third kappa shape index (κ3) is 1.93. The summed E-state index contributed by atoms with van der Waals surface area (Å²) in [5.74, 6) is 0.0781. The molecule has 0 saturated carbocycles. The molecule has 0 bridgehead atoms. The van der Waals surface area contributed by atoms with Crippen LogP contribution in [0.4, 0.5) is 8.78 Å². The van der Waals surface area contributed by atoms with Crippen LogP contribution in [-0.2, 0) is 16.9 Å². The number of halogens is 2. The monoisotopic (exact) mass is 205 g/mol. The van der Waals surface area contributed by atoms with Gasteiger partial charge < -0.3 is 14.9 Å². The van der Waals surface area contributed by atoms with E-state index in [1.807, 2.05) is 0 Å². The zero-order chi connectivity index (χ0) is 10.8. The van der Waals surface area contributed by atoms with Crippen molar-refractivity contribution in [2.75, 3.05) is 7.11 Å². The van der Waals surface area contributed by atoms with Crippen molar-refractivity contribution < 1.29 is 17.9 Å². The van der Waals surface area contributed by atoms with Gasteiger partial charge in [0.15, 0.2) is 0 Å². The smallest absolute Gasteiger partial charge is 0.263 e. The summed E-state index contributed by atoms with van der Waals surface area (Å²) < 4.78 is 34.9. The average Bonchev–Trinajstić information content (AvgIpc) is 2.53. The van der Waals surface area contributed by atoms with E-state index in [9.17, 15) is 8.78 Å². The van der Waals surface area contributed by atoms with E-state index >= 15 is 0 Å². The lowest BCUT2D eigenvalue weighted by atomic mass is 9.98. The fraction of sp³-hybridized carbons (Fsp3) is 0.556. The third-order valence-electron chi connectivity index (χ3n) is 1.99. The maximum atomic E-state index is 12.6. The summed E-state index contributed by atoms with van der Waals surface area (Å²) in [4.78, 5) is 0. The van der Waals surface area contributed by atoms with Crippen molar-refractivity contribution in [2.45, 2.75) is 25.5 Å². The van der Waals surface area contributed by atoms with Crippen molar-refractivity contribution in [1.82, 2.24) is 0 Å². The largest absolute Gasteiger partial charge is 0.467 e. The SMILES string of the molecule is COCc1ccoc1C(C)(N)C(F)F. The van der Waals surface area contributed by atoms with E-state index in [0.29, 0.717) is 5.56 Å². The van der Waals surface area contributed by atoms with Crippen molar-refractivity contribution in [3.63, 3.8) is 0 Å². The lowest BCUT2D eigenvalue weighted by Gasteiger charge is -2.22. The molecule has 3 nitrogen and oxygen atoms in total. The summed E-state index contributed by atoms with van der Waals surface area (Å²) in [6, 6.07) is 1.58. The highest BCUT2D eigenvalue weighted by molar-refractivity contribution is 5.23. The molecule has 0 amide bonds. The molecule has 1 aromatic rings. The van der Waals surface area contributed by atoms with Gasteiger partial charge in [0.2, 0.25) is 0 Å². The van der Waals surface area contributed by atoms with E-state index in [2.05, 4.69) is 0 Å². The number of hydrogen-bond donors (Lipinski definition) is 1. The Morgan fingerprint density at radius 1 is 1.64 bits per heavy atom. The molecule has 1 unspecified atom stereocenters. The van der Waals surface area contributed by atoms with E-state index in [-0.39, 0.29) is 12.4 Å². The number of nitrogens with two attached hydrogens (primary N) is 1. The zero-order valence-corrected chi connectivity index (χ0v) is 8.09. The van der Waals surface area contributed by atoms with Crippen molar-refractivity contribution in [3.8, 4) is 0 Å². The Hall–Kier alpha value is -0.940. The lowest BCUT2D eigenvalue weighted by molar-refractivity contribution is 0.0479. The quantitative estimate of drug-likeness (QED) is 0.816. The molecule has 1 rings (SSSR count). The highest BCUT2D eigenvalue weighted by Gasteiger charge is 2.37. The fourth-order valence-corrected chi connectivity index (χ4v) is 1.18. The maximum Gasteiger partial charge on any atom is 0.263 e. The van der Waals surface area contributed by atoms with E-state index in [0.717, 1.165) is 0 Å². The van der Waals surface area contributed by atoms with Crippen molar-refractivity contribution >= 4 is 0 Å².